The van der Waals surface area contributed by atoms with Gasteiger partial charge in [-0.3, -0.25) is 13.9 Å². The van der Waals surface area contributed by atoms with Gasteiger partial charge in [-0.05, 0) is 68.1 Å². The topological polar surface area (TPSA) is 86.8 Å². The Balaban J connectivity index is 1.71. The van der Waals surface area contributed by atoms with Gasteiger partial charge in [0.15, 0.2) is 0 Å². The summed E-state index contributed by atoms with van der Waals surface area (Å²) in [6.45, 7) is 2.17. The predicted octanol–water partition coefficient (Wildman–Crippen LogP) is 5.12. The number of nitrogens with zero attached hydrogens (tertiary/aromatic N) is 2. The molecule has 0 spiro atoms. The number of anilines is 1. The first kappa shape index (κ1) is 28.5. The average Bonchev–Trinajstić information content (AvgIpc) is 3.33. The summed E-state index contributed by atoms with van der Waals surface area (Å²) in [6.07, 6.45) is 5.68. The van der Waals surface area contributed by atoms with E-state index >= 15 is 0 Å². The molecule has 1 saturated carbocycles. The molecule has 196 valence electrons. The van der Waals surface area contributed by atoms with Crippen LogP contribution in [-0.4, -0.2) is 50.0 Å². The van der Waals surface area contributed by atoms with Crippen LogP contribution in [0.3, 0.4) is 0 Å². The van der Waals surface area contributed by atoms with E-state index in [-0.39, 0.29) is 37.4 Å². The third-order valence-electron chi connectivity index (χ3n) is 6.38. The Kier molecular flexibility index (Phi) is 10.2. The quantitative estimate of drug-likeness (QED) is 0.389. The van der Waals surface area contributed by atoms with E-state index in [0.29, 0.717) is 17.1 Å². The third kappa shape index (κ3) is 8.21. The van der Waals surface area contributed by atoms with Crippen molar-refractivity contribution in [2.24, 2.45) is 0 Å². The highest BCUT2D eigenvalue weighted by molar-refractivity contribution is 9.10. The largest absolute Gasteiger partial charge is 0.352 e. The van der Waals surface area contributed by atoms with Crippen LogP contribution in [0.15, 0.2) is 53.0 Å². The van der Waals surface area contributed by atoms with Crippen molar-refractivity contribution in [1.29, 1.82) is 0 Å². The van der Waals surface area contributed by atoms with Crippen LogP contribution in [0.4, 0.5) is 5.69 Å². The number of carbonyl (C=O) groups is 2. The summed E-state index contributed by atoms with van der Waals surface area (Å²) in [5, 5.41) is 3.60. The van der Waals surface area contributed by atoms with Crippen LogP contribution in [0.2, 0.25) is 5.02 Å². The van der Waals surface area contributed by atoms with Gasteiger partial charge in [0, 0.05) is 35.0 Å². The second-order valence-corrected chi connectivity index (χ2v) is 12.5. The van der Waals surface area contributed by atoms with Gasteiger partial charge in [0.05, 0.1) is 11.9 Å². The molecule has 7 nitrogen and oxygen atoms in total. The van der Waals surface area contributed by atoms with Gasteiger partial charge in [0.2, 0.25) is 21.8 Å². The normalized spacial score (nSPS) is 14.9. The first-order chi connectivity index (χ1) is 17.0. The van der Waals surface area contributed by atoms with Crippen LogP contribution in [0.25, 0.3) is 0 Å². The number of amides is 2. The summed E-state index contributed by atoms with van der Waals surface area (Å²) in [5.74, 6) is -0.363. The van der Waals surface area contributed by atoms with E-state index < -0.39 is 16.1 Å². The molecule has 0 unspecified atom stereocenters. The van der Waals surface area contributed by atoms with Gasteiger partial charge in [-0.15, -0.1) is 0 Å². The highest BCUT2D eigenvalue weighted by atomic mass is 79.9. The van der Waals surface area contributed by atoms with Crippen LogP contribution >= 0.6 is 27.5 Å². The summed E-state index contributed by atoms with van der Waals surface area (Å²) in [6, 6.07) is 13.7. The maximum absolute atomic E-state index is 13.4. The van der Waals surface area contributed by atoms with Crippen molar-refractivity contribution in [2.45, 2.75) is 64.1 Å². The molecule has 2 amide bonds. The second kappa shape index (κ2) is 12.9. The monoisotopic (exact) mass is 597 g/mol. The molecule has 1 aliphatic rings. The Labute approximate surface area is 227 Å². The van der Waals surface area contributed by atoms with Gasteiger partial charge < -0.3 is 10.2 Å². The van der Waals surface area contributed by atoms with Gasteiger partial charge in [0.1, 0.15) is 6.04 Å². The molecule has 3 rings (SSSR count). The Morgan fingerprint density at radius 2 is 1.81 bits per heavy atom. The number of benzene rings is 2. The first-order valence-corrected chi connectivity index (χ1v) is 15.1. The summed E-state index contributed by atoms with van der Waals surface area (Å²) >= 11 is 9.41. The molecular weight excluding hydrogens is 566 g/mol. The van der Waals surface area contributed by atoms with Crippen molar-refractivity contribution in [2.75, 3.05) is 17.1 Å². The van der Waals surface area contributed by atoms with Crippen LogP contribution < -0.4 is 9.62 Å². The molecule has 36 heavy (non-hydrogen) atoms. The first-order valence-electron chi connectivity index (χ1n) is 12.1. The fourth-order valence-corrected chi connectivity index (χ4v) is 5.96. The molecule has 10 heteroatoms. The highest BCUT2D eigenvalue weighted by Crippen LogP contribution is 2.22. The van der Waals surface area contributed by atoms with E-state index in [1.54, 1.807) is 36.1 Å². The molecule has 1 atom stereocenters. The summed E-state index contributed by atoms with van der Waals surface area (Å²) in [5.41, 5.74) is 1.39. The van der Waals surface area contributed by atoms with Crippen molar-refractivity contribution in [3.05, 3.63) is 63.6 Å². The number of halogens is 2. The van der Waals surface area contributed by atoms with Crippen molar-refractivity contribution in [1.82, 2.24) is 10.2 Å². The summed E-state index contributed by atoms with van der Waals surface area (Å²) in [4.78, 5) is 28.0. The van der Waals surface area contributed by atoms with Crippen molar-refractivity contribution in [3.8, 4) is 0 Å². The fraction of sp³-hybridized carbons (Fsp3) is 0.462. The molecule has 0 aromatic heterocycles. The smallest absolute Gasteiger partial charge is 0.242 e. The highest BCUT2D eigenvalue weighted by Gasteiger charge is 2.28. The van der Waals surface area contributed by atoms with Gasteiger partial charge in [0.25, 0.3) is 0 Å². The van der Waals surface area contributed by atoms with E-state index in [1.807, 2.05) is 24.3 Å². The van der Waals surface area contributed by atoms with Gasteiger partial charge >= 0.3 is 0 Å². The minimum absolute atomic E-state index is 0.106. The zero-order valence-electron chi connectivity index (χ0n) is 20.6. The lowest BCUT2D eigenvalue weighted by atomic mass is 10.1. The molecule has 2 aromatic carbocycles. The molecule has 0 bridgehead atoms. The van der Waals surface area contributed by atoms with Crippen LogP contribution in [0, 0.1) is 0 Å². The minimum Gasteiger partial charge on any atom is -0.352 e. The number of nitrogens with one attached hydrogen (secondary N) is 1. The number of hydrogen-bond acceptors (Lipinski definition) is 4. The van der Waals surface area contributed by atoms with Crippen LogP contribution in [0.5, 0.6) is 0 Å². The molecule has 1 N–H and O–H groups in total. The van der Waals surface area contributed by atoms with Crippen LogP contribution in [0.1, 0.15) is 51.0 Å². The minimum atomic E-state index is -3.55. The van der Waals surface area contributed by atoms with Crippen molar-refractivity contribution >= 4 is 55.1 Å². The second-order valence-electron chi connectivity index (χ2n) is 9.23. The van der Waals surface area contributed by atoms with E-state index in [1.165, 1.54) is 4.31 Å². The molecule has 2 aromatic rings. The zero-order chi connectivity index (χ0) is 26.3. The number of rotatable bonds is 11. The maximum atomic E-state index is 13.4. The molecule has 0 heterocycles. The lowest BCUT2D eigenvalue weighted by molar-refractivity contribution is -0.141. The van der Waals surface area contributed by atoms with Crippen molar-refractivity contribution in [3.63, 3.8) is 0 Å². The number of carbonyl (C=O) groups excluding carboxylic acids is 2. The Morgan fingerprint density at radius 1 is 1.14 bits per heavy atom. The van der Waals surface area contributed by atoms with Gasteiger partial charge in [-0.1, -0.05) is 52.5 Å². The summed E-state index contributed by atoms with van der Waals surface area (Å²) in [7, 11) is -3.55. The standard InChI is InChI=1S/C26H33BrClN3O4S/c1-19(26(33)29-23-9-3-4-10-23)30(18-20-7-5-8-21(27)17-20)25(32)11-6-16-31(36(2,34)35)24-14-12-22(28)13-15-24/h5,7-8,12-15,17,19,23H,3-4,6,9-11,16,18H2,1-2H3,(H,29,33)/t19-/m1/s1. The predicted molar refractivity (Wildman–Crippen MR) is 147 cm³/mol. The average molecular weight is 599 g/mol. The third-order valence-corrected chi connectivity index (χ3v) is 8.32. The molecule has 1 aliphatic carbocycles. The maximum Gasteiger partial charge on any atom is 0.242 e. The SMILES string of the molecule is C[C@H](C(=O)NC1CCCC1)N(Cc1cccc(Br)c1)C(=O)CCCN(c1ccc(Cl)cc1)S(C)(=O)=O. The van der Waals surface area contributed by atoms with Crippen molar-refractivity contribution < 1.29 is 18.0 Å². The molecule has 0 aliphatic heterocycles. The van der Waals surface area contributed by atoms with Gasteiger partial charge in [-0.25, -0.2) is 8.42 Å². The Morgan fingerprint density at radius 3 is 2.42 bits per heavy atom. The Bertz CT molecular complexity index is 1150. The summed E-state index contributed by atoms with van der Waals surface area (Å²) < 4.78 is 27.0. The van der Waals surface area contributed by atoms with E-state index in [4.69, 9.17) is 11.6 Å². The molecule has 1 fully saturated rings. The number of sulfonamides is 1. The van der Waals surface area contributed by atoms with E-state index in [0.717, 1.165) is 42.0 Å². The Hall–Kier alpha value is -2.10. The van der Waals surface area contributed by atoms with Crippen LogP contribution in [-0.2, 0) is 26.2 Å². The fourth-order valence-electron chi connectivity index (χ4n) is 4.42. The zero-order valence-corrected chi connectivity index (χ0v) is 23.8. The lowest BCUT2D eigenvalue weighted by Gasteiger charge is -2.30. The van der Waals surface area contributed by atoms with E-state index in [2.05, 4.69) is 21.2 Å². The number of hydrogen-bond donors (Lipinski definition) is 1. The van der Waals surface area contributed by atoms with Gasteiger partial charge in [-0.2, -0.15) is 0 Å². The molecule has 0 radical (unpaired) electrons. The van der Waals surface area contributed by atoms with E-state index in [9.17, 15) is 18.0 Å². The lowest BCUT2D eigenvalue weighted by Crippen LogP contribution is -2.49. The molecule has 0 saturated heterocycles. The molecular formula is C26H33BrClN3O4S.